The molecule has 0 aliphatic carbocycles. The van der Waals surface area contributed by atoms with Gasteiger partial charge in [0.1, 0.15) is 5.82 Å². The fourth-order valence-corrected chi connectivity index (χ4v) is 3.66. The van der Waals surface area contributed by atoms with E-state index in [0.717, 1.165) is 24.2 Å². The zero-order chi connectivity index (χ0) is 19.8. The summed E-state index contributed by atoms with van der Waals surface area (Å²) in [6.07, 6.45) is 1.64. The third kappa shape index (κ3) is 6.24. The number of thioether (sulfide) groups is 1. The normalized spacial score (nSPS) is 10.6. The van der Waals surface area contributed by atoms with Crippen LogP contribution in [0.2, 0.25) is 0 Å². The highest BCUT2D eigenvalue weighted by molar-refractivity contribution is 7.98. The lowest BCUT2D eigenvalue weighted by molar-refractivity contribution is 0.0953. The third-order valence-corrected chi connectivity index (χ3v) is 5.57. The first kappa shape index (κ1) is 20.2. The Kier molecular flexibility index (Phi) is 7.26. The molecule has 3 rings (SSSR count). The summed E-state index contributed by atoms with van der Waals surface area (Å²) in [4.78, 5) is 13.5. The van der Waals surface area contributed by atoms with Gasteiger partial charge in [-0.2, -0.15) is 0 Å². The summed E-state index contributed by atoms with van der Waals surface area (Å²) in [6, 6.07) is 22.8. The van der Waals surface area contributed by atoms with Crippen molar-refractivity contribution in [3.8, 4) is 0 Å². The minimum absolute atomic E-state index is 0.0585. The summed E-state index contributed by atoms with van der Waals surface area (Å²) < 4.78 is 12.9. The van der Waals surface area contributed by atoms with Crippen molar-refractivity contribution >= 4 is 17.7 Å². The van der Waals surface area contributed by atoms with Crippen LogP contribution >= 0.6 is 11.8 Å². The van der Waals surface area contributed by atoms with E-state index in [1.165, 1.54) is 28.2 Å². The van der Waals surface area contributed by atoms with E-state index in [1.54, 1.807) is 23.9 Å². The number of hydrogen-bond acceptors (Lipinski definition) is 2. The van der Waals surface area contributed by atoms with Crippen LogP contribution in [-0.4, -0.2) is 12.5 Å². The average Bonchev–Trinajstić information content (AvgIpc) is 2.72. The molecular weight excluding hydrogens is 369 g/mol. The van der Waals surface area contributed by atoms with Gasteiger partial charge in [0.25, 0.3) is 5.91 Å². The van der Waals surface area contributed by atoms with E-state index in [9.17, 15) is 9.18 Å². The second-order valence-corrected chi connectivity index (χ2v) is 7.83. The Morgan fingerprint density at radius 3 is 2.21 bits per heavy atom. The number of benzene rings is 3. The van der Waals surface area contributed by atoms with Gasteiger partial charge >= 0.3 is 0 Å². The fourth-order valence-electron chi connectivity index (χ4n) is 2.80. The maximum absolute atomic E-state index is 12.9. The molecule has 0 aliphatic heterocycles. The summed E-state index contributed by atoms with van der Waals surface area (Å²) in [5.41, 5.74) is 4.20. The maximum Gasteiger partial charge on any atom is 0.251 e. The molecule has 144 valence electrons. The number of nitrogens with one attached hydrogen (secondary N) is 1. The number of amides is 1. The molecule has 2 nitrogen and oxygen atoms in total. The van der Waals surface area contributed by atoms with Crippen LogP contribution in [0.5, 0.6) is 0 Å². The van der Waals surface area contributed by atoms with Crippen molar-refractivity contribution < 1.29 is 9.18 Å². The van der Waals surface area contributed by atoms with Crippen LogP contribution in [0, 0.1) is 12.7 Å². The molecule has 0 radical (unpaired) electrons. The van der Waals surface area contributed by atoms with Gasteiger partial charge in [0, 0.05) is 22.8 Å². The molecule has 0 aliphatic rings. The number of hydrogen-bond donors (Lipinski definition) is 1. The molecule has 0 heterocycles. The predicted molar refractivity (Wildman–Crippen MR) is 114 cm³/mol. The molecule has 0 saturated heterocycles. The Hall–Kier alpha value is -2.59. The largest absolute Gasteiger partial charge is 0.352 e. The van der Waals surface area contributed by atoms with E-state index in [0.29, 0.717) is 12.1 Å². The standard InChI is InChI=1S/C24H24FNOS/c1-18-4-14-23(15-5-18)28-17-20-6-10-21(11-7-20)24(27)26-16-2-3-19-8-12-22(25)13-9-19/h4-15H,2-3,16-17H2,1H3,(H,26,27). The summed E-state index contributed by atoms with van der Waals surface area (Å²) in [5, 5.41) is 2.94. The Morgan fingerprint density at radius 2 is 1.54 bits per heavy atom. The van der Waals surface area contributed by atoms with Gasteiger partial charge < -0.3 is 5.32 Å². The third-order valence-electron chi connectivity index (χ3n) is 4.48. The van der Waals surface area contributed by atoms with Gasteiger partial charge in [-0.15, -0.1) is 11.8 Å². The van der Waals surface area contributed by atoms with Crippen molar-refractivity contribution in [2.75, 3.05) is 6.54 Å². The van der Waals surface area contributed by atoms with Crippen LogP contribution in [0.1, 0.15) is 33.5 Å². The SMILES string of the molecule is Cc1ccc(SCc2ccc(C(=O)NCCCc3ccc(F)cc3)cc2)cc1. The van der Waals surface area contributed by atoms with Gasteiger partial charge in [0.15, 0.2) is 0 Å². The second-order valence-electron chi connectivity index (χ2n) is 6.78. The Bertz CT molecular complexity index is 889. The monoisotopic (exact) mass is 393 g/mol. The van der Waals surface area contributed by atoms with Crippen LogP contribution < -0.4 is 5.32 Å². The highest BCUT2D eigenvalue weighted by Gasteiger charge is 2.05. The fraction of sp³-hybridized carbons (Fsp3) is 0.208. The van der Waals surface area contributed by atoms with Gasteiger partial charge in [-0.3, -0.25) is 4.79 Å². The second kappa shape index (κ2) is 10.1. The van der Waals surface area contributed by atoms with Crippen molar-refractivity contribution in [1.29, 1.82) is 0 Å². The van der Waals surface area contributed by atoms with Crippen LogP contribution in [-0.2, 0) is 12.2 Å². The highest BCUT2D eigenvalue weighted by Crippen LogP contribution is 2.23. The number of rotatable bonds is 8. The van der Waals surface area contributed by atoms with E-state index >= 15 is 0 Å². The van der Waals surface area contributed by atoms with Gasteiger partial charge in [-0.25, -0.2) is 4.39 Å². The number of aryl methyl sites for hydroxylation is 2. The Labute approximate surface area is 170 Å². The van der Waals surface area contributed by atoms with Crippen molar-refractivity contribution in [2.45, 2.75) is 30.4 Å². The van der Waals surface area contributed by atoms with E-state index < -0.39 is 0 Å². The average molecular weight is 394 g/mol. The van der Waals surface area contributed by atoms with Crippen LogP contribution in [0.3, 0.4) is 0 Å². The maximum atomic E-state index is 12.9. The lowest BCUT2D eigenvalue weighted by atomic mass is 10.1. The molecular formula is C24H24FNOS. The van der Waals surface area contributed by atoms with Crippen molar-refractivity contribution in [1.82, 2.24) is 5.32 Å². The quantitative estimate of drug-likeness (QED) is 0.388. The van der Waals surface area contributed by atoms with Gasteiger partial charge in [-0.1, -0.05) is 42.0 Å². The van der Waals surface area contributed by atoms with Crippen LogP contribution in [0.15, 0.2) is 77.7 Å². The molecule has 0 bridgehead atoms. The van der Waals surface area contributed by atoms with E-state index in [1.807, 2.05) is 24.3 Å². The molecule has 0 fully saturated rings. The molecule has 1 amide bonds. The minimum Gasteiger partial charge on any atom is -0.352 e. The van der Waals surface area contributed by atoms with Crippen molar-refractivity contribution in [2.24, 2.45) is 0 Å². The van der Waals surface area contributed by atoms with Gasteiger partial charge in [-0.05, 0) is 67.3 Å². The summed E-state index contributed by atoms with van der Waals surface area (Å²) >= 11 is 1.79. The molecule has 0 aromatic heterocycles. The summed E-state index contributed by atoms with van der Waals surface area (Å²) in [5.74, 6) is 0.595. The van der Waals surface area contributed by atoms with Crippen LogP contribution in [0.25, 0.3) is 0 Å². The van der Waals surface area contributed by atoms with E-state index in [4.69, 9.17) is 0 Å². The first-order valence-corrected chi connectivity index (χ1v) is 10.4. The topological polar surface area (TPSA) is 29.1 Å². The van der Waals surface area contributed by atoms with Crippen LogP contribution in [0.4, 0.5) is 4.39 Å². The molecule has 3 aromatic rings. The smallest absolute Gasteiger partial charge is 0.251 e. The van der Waals surface area contributed by atoms with Crippen molar-refractivity contribution in [3.63, 3.8) is 0 Å². The van der Waals surface area contributed by atoms with Crippen molar-refractivity contribution in [3.05, 3.63) is 101 Å². The molecule has 0 unspecified atom stereocenters. The summed E-state index contributed by atoms with van der Waals surface area (Å²) in [6.45, 7) is 2.68. The lowest BCUT2D eigenvalue weighted by Crippen LogP contribution is -2.24. The molecule has 0 atom stereocenters. The number of halogens is 1. The van der Waals surface area contributed by atoms with Gasteiger partial charge in [0.05, 0.1) is 0 Å². The Morgan fingerprint density at radius 1 is 0.893 bits per heavy atom. The first-order valence-electron chi connectivity index (χ1n) is 9.41. The highest BCUT2D eigenvalue weighted by atomic mass is 32.2. The number of carbonyl (C=O) groups is 1. The molecule has 0 saturated carbocycles. The first-order chi connectivity index (χ1) is 13.6. The molecule has 0 spiro atoms. The molecule has 4 heteroatoms. The predicted octanol–water partition coefficient (Wildman–Crippen LogP) is 5.79. The number of carbonyl (C=O) groups excluding carboxylic acids is 1. The zero-order valence-corrected chi connectivity index (χ0v) is 16.8. The Balaban J connectivity index is 1.41. The zero-order valence-electron chi connectivity index (χ0n) is 16.0. The lowest BCUT2D eigenvalue weighted by Gasteiger charge is -2.07. The summed E-state index contributed by atoms with van der Waals surface area (Å²) in [7, 11) is 0. The molecule has 3 aromatic carbocycles. The van der Waals surface area contributed by atoms with E-state index in [2.05, 4.69) is 36.5 Å². The minimum atomic E-state index is -0.224. The molecule has 28 heavy (non-hydrogen) atoms. The van der Waals surface area contributed by atoms with Gasteiger partial charge in [0.2, 0.25) is 0 Å². The van der Waals surface area contributed by atoms with E-state index in [-0.39, 0.29) is 11.7 Å². The molecule has 1 N–H and O–H groups in total.